The fraction of sp³-hybridized carbons (Fsp3) is 0.200. The van der Waals surface area contributed by atoms with Gasteiger partial charge >= 0.3 is 6.03 Å². The Morgan fingerprint density at radius 3 is 2.58 bits per heavy atom. The van der Waals surface area contributed by atoms with Crippen molar-refractivity contribution < 1.29 is 9.90 Å². The second kappa shape index (κ2) is 9.22. The van der Waals surface area contributed by atoms with E-state index >= 15 is 0 Å². The van der Waals surface area contributed by atoms with E-state index in [9.17, 15) is 9.90 Å². The molecular weight excluding hydrogens is 416 g/mol. The number of carbonyl (C=O) groups is 1. The van der Waals surface area contributed by atoms with E-state index < -0.39 is 12.1 Å². The SMILES string of the molecule is O=C(Nc1ccc(CCn2nnc(-c3ccccc3)n2)cc1)NC1c2ccccc2CC1O. The summed E-state index contributed by atoms with van der Waals surface area (Å²) in [4.78, 5) is 14.1. The minimum atomic E-state index is -0.622. The zero-order chi connectivity index (χ0) is 22.6. The standard InChI is InChI=1S/C25H24N6O2/c32-22-16-19-8-4-5-9-21(19)23(22)27-25(33)26-20-12-10-17(11-13-20)14-15-31-29-24(28-30-31)18-6-2-1-3-7-18/h1-13,22-23,32H,14-16H2,(H2,26,27,33). The summed E-state index contributed by atoms with van der Waals surface area (Å²) in [5.41, 5.74) is 4.75. The van der Waals surface area contributed by atoms with Gasteiger partial charge in [-0.2, -0.15) is 4.80 Å². The van der Waals surface area contributed by atoms with Crippen molar-refractivity contribution in [1.82, 2.24) is 25.5 Å². The maximum absolute atomic E-state index is 12.5. The van der Waals surface area contributed by atoms with Gasteiger partial charge in [0.25, 0.3) is 0 Å². The molecule has 8 heteroatoms. The molecule has 1 aliphatic carbocycles. The molecule has 0 aliphatic heterocycles. The van der Waals surface area contributed by atoms with Gasteiger partial charge in [0, 0.05) is 17.7 Å². The van der Waals surface area contributed by atoms with Crippen LogP contribution < -0.4 is 10.6 Å². The van der Waals surface area contributed by atoms with Crippen LogP contribution in [0.15, 0.2) is 78.9 Å². The number of aliphatic hydroxyl groups is 1. The monoisotopic (exact) mass is 440 g/mol. The highest BCUT2D eigenvalue weighted by Crippen LogP contribution is 2.31. The molecule has 166 valence electrons. The van der Waals surface area contributed by atoms with E-state index in [-0.39, 0.29) is 6.03 Å². The number of aryl methyl sites for hydroxylation is 2. The number of aliphatic hydroxyl groups excluding tert-OH is 1. The fourth-order valence-electron chi connectivity index (χ4n) is 4.08. The molecule has 2 unspecified atom stereocenters. The van der Waals surface area contributed by atoms with E-state index in [0.29, 0.717) is 24.5 Å². The Kier molecular flexibility index (Phi) is 5.82. The molecule has 3 aromatic carbocycles. The van der Waals surface area contributed by atoms with Crippen molar-refractivity contribution >= 4 is 11.7 Å². The van der Waals surface area contributed by atoms with E-state index in [1.165, 1.54) is 0 Å². The van der Waals surface area contributed by atoms with Crippen molar-refractivity contribution in [1.29, 1.82) is 0 Å². The van der Waals surface area contributed by atoms with E-state index in [0.717, 1.165) is 28.7 Å². The Morgan fingerprint density at radius 1 is 1.00 bits per heavy atom. The molecule has 8 nitrogen and oxygen atoms in total. The molecule has 5 rings (SSSR count). The molecule has 33 heavy (non-hydrogen) atoms. The number of nitrogens with zero attached hydrogens (tertiary/aromatic N) is 4. The largest absolute Gasteiger partial charge is 0.390 e. The van der Waals surface area contributed by atoms with Gasteiger partial charge in [0.15, 0.2) is 0 Å². The number of hydrogen-bond acceptors (Lipinski definition) is 5. The summed E-state index contributed by atoms with van der Waals surface area (Å²) in [5.74, 6) is 0.608. The lowest BCUT2D eigenvalue weighted by atomic mass is 10.1. The van der Waals surface area contributed by atoms with Crippen molar-refractivity contribution in [2.75, 3.05) is 5.32 Å². The molecule has 2 amide bonds. The quantitative estimate of drug-likeness (QED) is 0.426. The van der Waals surface area contributed by atoms with Gasteiger partial charge in [-0.25, -0.2) is 4.79 Å². The smallest absolute Gasteiger partial charge is 0.319 e. The molecule has 4 aromatic rings. The van der Waals surface area contributed by atoms with Gasteiger partial charge in [-0.05, 0) is 40.5 Å². The average Bonchev–Trinajstić information content (AvgIpc) is 3.44. The van der Waals surface area contributed by atoms with Crippen LogP contribution in [0.5, 0.6) is 0 Å². The van der Waals surface area contributed by atoms with Crippen molar-refractivity contribution in [2.24, 2.45) is 0 Å². The van der Waals surface area contributed by atoms with E-state index in [4.69, 9.17) is 0 Å². The first-order valence-electron chi connectivity index (χ1n) is 10.9. The minimum absolute atomic E-state index is 0.344. The van der Waals surface area contributed by atoms with Crippen molar-refractivity contribution in [3.8, 4) is 11.4 Å². The van der Waals surface area contributed by atoms with Gasteiger partial charge in [-0.3, -0.25) is 0 Å². The topological polar surface area (TPSA) is 105 Å². The lowest BCUT2D eigenvalue weighted by Gasteiger charge is -2.18. The zero-order valence-electron chi connectivity index (χ0n) is 17.9. The number of carbonyl (C=O) groups excluding carboxylic acids is 1. The Balaban J connectivity index is 1.14. The van der Waals surface area contributed by atoms with Crippen LogP contribution in [0, 0.1) is 0 Å². The Labute approximate surface area is 191 Å². The van der Waals surface area contributed by atoms with Gasteiger partial charge in [0.05, 0.1) is 18.7 Å². The Hall–Kier alpha value is -4.04. The second-order valence-electron chi connectivity index (χ2n) is 8.07. The molecule has 0 bridgehead atoms. The first-order valence-corrected chi connectivity index (χ1v) is 10.9. The van der Waals surface area contributed by atoms with Gasteiger partial charge in [-0.1, -0.05) is 66.7 Å². The van der Waals surface area contributed by atoms with Crippen LogP contribution in [0.1, 0.15) is 22.7 Å². The second-order valence-corrected chi connectivity index (χ2v) is 8.07. The molecule has 0 spiro atoms. The third-order valence-electron chi connectivity index (χ3n) is 5.79. The summed E-state index contributed by atoms with van der Waals surface area (Å²) >= 11 is 0. The molecule has 3 N–H and O–H groups in total. The first-order chi connectivity index (χ1) is 16.2. The van der Waals surface area contributed by atoms with Crippen LogP contribution >= 0.6 is 0 Å². The van der Waals surface area contributed by atoms with Gasteiger partial charge < -0.3 is 15.7 Å². The normalized spacial score (nSPS) is 16.9. The summed E-state index contributed by atoms with van der Waals surface area (Å²) in [6, 6.07) is 24.4. The third kappa shape index (κ3) is 4.75. The lowest BCUT2D eigenvalue weighted by molar-refractivity contribution is 0.144. The summed E-state index contributed by atoms with van der Waals surface area (Å²) in [5, 5.41) is 28.7. The van der Waals surface area contributed by atoms with E-state index in [1.54, 1.807) is 4.80 Å². The van der Waals surface area contributed by atoms with E-state index in [2.05, 4.69) is 26.0 Å². The number of rotatable bonds is 6. The van der Waals surface area contributed by atoms with Gasteiger partial charge in [0.2, 0.25) is 5.82 Å². The summed E-state index contributed by atoms with van der Waals surface area (Å²) in [7, 11) is 0. The zero-order valence-corrected chi connectivity index (χ0v) is 17.9. The number of urea groups is 1. The highest BCUT2D eigenvalue weighted by molar-refractivity contribution is 5.89. The molecule has 0 radical (unpaired) electrons. The van der Waals surface area contributed by atoms with Crippen LogP contribution in [0.2, 0.25) is 0 Å². The Morgan fingerprint density at radius 2 is 1.76 bits per heavy atom. The minimum Gasteiger partial charge on any atom is -0.390 e. The lowest BCUT2D eigenvalue weighted by Crippen LogP contribution is -2.36. The molecule has 0 saturated carbocycles. The summed E-state index contributed by atoms with van der Waals surface area (Å²) in [6.45, 7) is 0.603. The molecule has 1 aromatic heterocycles. The average molecular weight is 441 g/mol. The molecule has 1 aliphatic rings. The summed E-state index contributed by atoms with van der Waals surface area (Å²) in [6.07, 6.45) is 0.661. The highest BCUT2D eigenvalue weighted by atomic mass is 16.3. The number of amides is 2. The van der Waals surface area contributed by atoms with Crippen molar-refractivity contribution in [3.05, 3.63) is 95.6 Å². The predicted octanol–water partition coefficient (Wildman–Crippen LogP) is 3.36. The van der Waals surface area contributed by atoms with E-state index in [1.807, 2.05) is 78.9 Å². The van der Waals surface area contributed by atoms with Crippen molar-refractivity contribution in [3.63, 3.8) is 0 Å². The third-order valence-corrected chi connectivity index (χ3v) is 5.79. The maximum Gasteiger partial charge on any atom is 0.319 e. The van der Waals surface area contributed by atoms with Gasteiger partial charge in [0.1, 0.15) is 0 Å². The predicted molar refractivity (Wildman–Crippen MR) is 124 cm³/mol. The molecule has 0 saturated heterocycles. The maximum atomic E-state index is 12.5. The molecule has 1 heterocycles. The highest BCUT2D eigenvalue weighted by Gasteiger charge is 2.31. The summed E-state index contributed by atoms with van der Waals surface area (Å²) < 4.78 is 0. The molecular formula is C25H24N6O2. The van der Waals surface area contributed by atoms with Crippen LogP contribution in [0.25, 0.3) is 11.4 Å². The number of nitrogens with one attached hydrogen (secondary N) is 2. The van der Waals surface area contributed by atoms with Crippen LogP contribution in [-0.2, 0) is 19.4 Å². The first kappa shape index (κ1) is 20.8. The number of benzene rings is 3. The van der Waals surface area contributed by atoms with Gasteiger partial charge in [-0.15, -0.1) is 10.2 Å². The van der Waals surface area contributed by atoms with Crippen molar-refractivity contribution in [2.45, 2.75) is 31.5 Å². The fourth-order valence-corrected chi connectivity index (χ4v) is 4.08. The molecule has 2 atom stereocenters. The number of hydrogen-bond donors (Lipinski definition) is 3. The number of anilines is 1. The number of fused-ring (bicyclic) bond motifs is 1. The van der Waals surface area contributed by atoms with Crippen LogP contribution in [0.4, 0.5) is 10.5 Å². The Bertz CT molecular complexity index is 1240. The van der Waals surface area contributed by atoms with Crippen LogP contribution in [-0.4, -0.2) is 37.4 Å². The number of tetrazole rings is 1. The van der Waals surface area contributed by atoms with Crippen LogP contribution in [0.3, 0.4) is 0 Å². The molecule has 0 fully saturated rings. The number of aromatic nitrogens is 4.